The number of ether oxygens (including phenoxy) is 7. The molecule has 0 atom stereocenters. The van der Waals surface area contributed by atoms with Gasteiger partial charge in [-0.05, 0) is 20.3 Å². The third kappa shape index (κ3) is 23.2. The molecule has 162 valence electrons. The highest BCUT2D eigenvalue weighted by molar-refractivity contribution is 5.69. The molecule has 0 spiro atoms. The van der Waals surface area contributed by atoms with Crippen LogP contribution in [0.2, 0.25) is 0 Å². The van der Waals surface area contributed by atoms with Crippen LogP contribution in [-0.2, 0) is 38.0 Å². The van der Waals surface area contributed by atoms with Gasteiger partial charge in [-0.25, -0.2) is 0 Å². The number of carbonyl (C=O) groups is 1. The van der Waals surface area contributed by atoms with Crippen molar-refractivity contribution in [2.75, 3.05) is 79.3 Å². The molecule has 27 heavy (non-hydrogen) atoms. The summed E-state index contributed by atoms with van der Waals surface area (Å²) in [6.07, 6.45) is 1.49. The lowest BCUT2D eigenvalue weighted by Crippen LogP contribution is -2.15. The van der Waals surface area contributed by atoms with Gasteiger partial charge in [-0.1, -0.05) is 6.92 Å². The van der Waals surface area contributed by atoms with E-state index in [0.717, 1.165) is 6.42 Å². The Labute approximate surface area is 163 Å². The molecule has 0 unspecified atom stereocenters. The second-order valence-electron chi connectivity index (χ2n) is 5.95. The Hall–Kier alpha value is -0.770. The molecule has 0 aliphatic heterocycles. The number of carbonyl (C=O) groups excluding carboxylic acids is 1. The van der Waals surface area contributed by atoms with E-state index in [4.69, 9.17) is 33.2 Å². The van der Waals surface area contributed by atoms with Crippen LogP contribution in [0.3, 0.4) is 0 Å². The first-order chi connectivity index (χ1) is 13.2. The summed E-state index contributed by atoms with van der Waals surface area (Å²) in [7, 11) is 0. The van der Waals surface area contributed by atoms with Crippen LogP contribution < -0.4 is 0 Å². The highest BCUT2D eigenvalue weighted by atomic mass is 16.6. The maximum atomic E-state index is 11.1. The molecule has 0 aromatic carbocycles. The molecule has 0 heterocycles. The van der Waals surface area contributed by atoms with Gasteiger partial charge in [0.15, 0.2) is 0 Å². The smallest absolute Gasteiger partial charge is 0.305 e. The molecule has 0 N–H and O–H groups in total. The van der Waals surface area contributed by atoms with E-state index in [1.54, 1.807) is 0 Å². The Balaban J connectivity index is 3.04. The third-order valence-electron chi connectivity index (χ3n) is 3.11. The van der Waals surface area contributed by atoms with Crippen molar-refractivity contribution in [3.05, 3.63) is 0 Å². The molecular formula is C19H38O8. The van der Waals surface area contributed by atoms with Gasteiger partial charge in [-0.2, -0.15) is 0 Å². The molecule has 0 radical (unpaired) electrons. The summed E-state index contributed by atoms with van der Waals surface area (Å²) in [6, 6.07) is 0. The van der Waals surface area contributed by atoms with Crippen LogP contribution in [-0.4, -0.2) is 91.4 Å². The summed E-state index contributed by atoms with van der Waals surface area (Å²) < 4.78 is 37.1. The monoisotopic (exact) mass is 394 g/mol. The number of hydrogen-bond acceptors (Lipinski definition) is 8. The summed E-state index contributed by atoms with van der Waals surface area (Å²) in [4.78, 5) is 11.1. The van der Waals surface area contributed by atoms with Gasteiger partial charge in [0, 0.05) is 6.42 Å². The molecule has 0 bridgehead atoms. The average molecular weight is 395 g/mol. The lowest BCUT2D eigenvalue weighted by Gasteiger charge is -2.09. The zero-order chi connectivity index (χ0) is 20.0. The van der Waals surface area contributed by atoms with Crippen molar-refractivity contribution in [1.82, 2.24) is 0 Å². The largest absolute Gasteiger partial charge is 0.463 e. The van der Waals surface area contributed by atoms with Crippen LogP contribution in [0.1, 0.15) is 33.6 Å². The Morgan fingerprint density at radius 2 is 1.00 bits per heavy atom. The fourth-order valence-corrected chi connectivity index (χ4v) is 1.82. The summed E-state index contributed by atoms with van der Waals surface area (Å²) in [5, 5.41) is 0. The van der Waals surface area contributed by atoms with Crippen LogP contribution in [0.25, 0.3) is 0 Å². The van der Waals surface area contributed by atoms with E-state index in [-0.39, 0.29) is 12.1 Å². The van der Waals surface area contributed by atoms with E-state index in [9.17, 15) is 4.79 Å². The molecule has 8 heteroatoms. The molecule has 8 nitrogen and oxygen atoms in total. The van der Waals surface area contributed by atoms with Crippen LogP contribution in [0.5, 0.6) is 0 Å². The molecule has 0 aromatic rings. The highest BCUT2D eigenvalue weighted by Gasteiger charge is 1.99. The van der Waals surface area contributed by atoms with Crippen LogP contribution in [0, 0.1) is 0 Å². The molecule has 0 aromatic heterocycles. The maximum absolute atomic E-state index is 11.1. The standard InChI is InChI=1S/C19H38O8/c1-4-5-19(20)27-17-15-25-13-11-23-9-7-21-6-8-22-10-12-24-14-16-26-18(2)3/h18H,4-17H2,1-3H3. The Bertz CT molecular complexity index is 312. The highest BCUT2D eigenvalue weighted by Crippen LogP contribution is 1.91. The van der Waals surface area contributed by atoms with Gasteiger partial charge in [0.2, 0.25) is 0 Å². The minimum atomic E-state index is -0.178. The van der Waals surface area contributed by atoms with E-state index in [2.05, 4.69) is 0 Å². The Morgan fingerprint density at radius 1 is 0.630 bits per heavy atom. The minimum Gasteiger partial charge on any atom is -0.463 e. The minimum absolute atomic E-state index is 0.178. The van der Waals surface area contributed by atoms with Gasteiger partial charge in [0.05, 0.1) is 78.8 Å². The van der Waals surface area contributed by atoms with Crippen molar-refractivity contribution < 1.29 is 38.0 Å². The summed E-state index contributed by atoms with van der Waals surface area (Å²) >= 11 is 0. The van der Waals surface area contributed by atoms with Gasteiger partial charge < -0.3 is 33.2 Å². The first-order valence-corrected chi connectivity index (χ1v) is 9.82. The van der Waals surface area contributed by atoms with E-state index >= 15 is 0 Å². The first-order valence-electron chi connectivity index (χ1n) is 9.82. The van der Waals surface area contributed by atoms with Crippen molar-refractivity contribution in [3.8, 4) is 0 Å². The van der Waals surface area contributed by atoms with Gasteiger partial charge in [0.25, 0.3) is 0 Å². The van der Waals surface area contributed by atoms with Crippen molar-refractivity contribution in [2.45, 2.75) is 39.7 Å². The Kier molecular flexibility index (Phi) is 20.9. The quantitative estimate of drug-likeness (QED) is 0.215. The van der Waals surface area contributed by atoms with E-state index in [0.29, 0.717) is 85.7 Å². The van der Waals surface area contributed by atoms with Crippen molar-refractivity contribution in [2.24, 2.45) is 0 Å². The van der Waals surface area contributed by atoms with E-state index < -0.39 is 0 Å². The van der Waals surface area contributed by atoms with Crippen molar-refractivity contribution >= 4 is 5.97 Å². The molecule has 0 aliphatic carbocycles. The van der Waals surface area contributed by atoms with Crippen molar-refractivity contribution in [3.63, 3.8) is 0 Å². The fraction of sp³-hybridized carbons (Fsp3) is 0.947. The van der Waals surface area contributed by atoms with Crippen molar-refractivity contribution in [1.29, 1.82) is 0 Å². The summed E-state index contributed by atoms with van der Waals surface area (Å²) in [6.45, 7) is 12.0. The molecule has 0 amide bonds. The molecule has 0 fully saturated rings. The van der Waals surface area contributed by atoms with Gasteiger partial charge in [-0.3, -0.25) is 4.79 Å². The van der Waals surface area contributed by atoms with E-state index in [1.807, 2.05) is 20.8 Å². The van der Waals surface area contributed by atoms with Crippen LogP contribution >= 0.6 is 0 Å². The predicted molar refractivity (Wildman–Crippen MR) is 101 cm³/mol. The van der Waals surface area contributed by atoms with E-state index in [1.165, 1.54) is 0 Å². The fourth-order valence-electron chi connectivity index (χ4n) is 1.82. The lowest BCUT2D eigenvalue weighted by atomic mass is 10.3. The van der Waals surface area contributed by atoms with Gasteiger partial charge in [0.1, 0.15) is 6.61 Å². The second kappa shape index (κ2) is 21.5. The number of rotatable bonds is 21. The summed E-state index contributed by atoms with van der Waals surface area (Å²) in [5.41, 5.74) is 0. The zero-order valence-corrected chi connectivity index (χ0v) is 17.2. The molecule has 0 aliphatic rings. The molecular weight excluding hydrogens is 356 g/mol. The topological polar surface area (TPSA) is 81.7 Å². The third-order valence-corrected chi connectivity index (χ3v) is 3.11. The molecule has 0 rings (SSSR count). The summed E-state index contributed by atoms with van der Waals surface area (Å²) in [5.74, 6) is -0.178. The first kappa shape index (κ1) is 26.2. The number of hydrogen-bond donors (Lipinski definition) is 0. The average Bonchev–Trinajstić information content (AvgIpc) is 2.63. The maximum Gasteiger partial charge on any atom is 0.305 e. The van der Waals surface area contributed by atoms with Crippen LogP contribution in [0.4, 0.5) is 0 Å². The zero-order valence-electron chi connectivity index (χ0n) is 17.2. The Morgan fingerprint density at radius 3 is 1.37 bits per heavy atom. The van der Waals surface area contributed by atoms with Gasteiger partial charge >= 0.3 is 5.97 Å². The second-order valence-corrected chi connectivity index (χ2v) is 5.95. The van der Waals surface area contributed by atoms with Gasteiger partial charge in [-0.15, -0.1) is 0 Å². The van der Waals surface area contributed by atoms with Crippen LogP contribution in [0.15, 0.2) is 0 Å². The molecule has 0 saturated heterocycles. The predicted octanol–water partition coefficient (Wildman–Crippen LogP) is 1.84. The lowest BCUT2D eigenvalue weighted by molar-refractivity contribution is -0.145. The number of esters is 1. The SMILES string of the molecule is CCCC(=O)OCCOCCOCCOCCOCCOCCOC(C)C. The normalized spacial score (nSPS) is 11.3. The molecule has 0 saturated carbocycles.